The summed E-state index contributed by atoms with van der Waals surface area (Å²) >= 11 is 1.49. The standard InChI is InChI=1S/C20H17N5OS/c1-2-17-22-23-20-25(17)24-19(27-20)15-9-11-16(12-10-15)21-18(26)13-8-14-6-4-3-5-7-14/h3-13H,2H2,1H3,(H,21,26)/b13-8+. The Kier molecular flexibility index (Phi) is 4.76. The van der Waals surface area contributed by atoms with E-state index in [9.17, 15) is 4.79 Å². The molecule has 0 radical (unpaired) electrons. The molecule has 1 amide bonds. The Morgan fingerprint density at radius 2 is 1.89 bits per heavy atom. The normalized spacial score (nSPS) is 11.3. The van der Waals surface area contributed by atoms with E-state index >= 15 is 0 Å². The smallest absolute Gasteiger partial charge is 0.248 e. The molecular formula is C20H17N5OS. The van der Waals surface area contributed by atoms with Crippen molar-refractivity contribution in [3.8, 4) is 10.6 Å². The minimum atomic E-state index is -0.169. The highest BCUT2D eigenvalue weighted by molar-refractivity contribution is 7.19. The number of aromatic nitrogens is 4. The van der Waals surface area contributed by atoms with Crippen LogP contribution >= 0.6 is 11.3 Å². The Morgan fingerprint density at radius 3 is 2.63 bits per heavy atom. The number of amides is 1. The van der Waals surface area contributed by atoms with Gasteiger partial charge in [-0.15, -0.1) is 10.2 Å². The molecule has 0 spiro atoms. The summed E-state index contributed by atoms with van der Waals surface area (Å²) in [5.74, 6) is 0.680. The predicted octanol–water partition coefficient (Wildman–Crippen LogP) is 4.07. The maximum Gasteiger partial charge on any atom is 0.248 e. The van der Waals surface area contributed by atoms with Crippen LogP contribution < -0.4 is 5.32 Å². The zero-order chi connectivity index (χ0) is 18.6. The van der Waals surface area contributed by atoms with Crippen LogP contribution in [0.1, 0.15) is 18.3 Å². The maximum atomic E-state index is 12.1. The van der Waals surface area contributed by atoms with Crippen molar-refractivity contribution in [3.05, 3.63) is 72.1 Å². The largest absolute Gasteiger partial charge is 0.323 e. The molecule has 1 N–H and O–H groups in total. The minimum absolute atomic E-state index is 0.169. The van der Waals surface area contributed by atoms with Gasteiger partial charge in [-0.1, -0.05) is 48.6 Å². The van der Waals surface area contributed by atoms with E-state index < -0.39 is 0 Å². The topological polar surface area (TPSA) is 72.2 Å². The van der Waals surface area contributed by atoms with Crippen molar-refractivity contribution in [2.75, 3.05) is 5.32 Å². The van der Waals surface area contributed by atoms with E-state index in [1.807, 2.05) is 61.5 Å². The molecule has 4 aromatic rings. The minimum Gasteiger partial charge on any atom is -0.323 e. The monoisotopic (exact) mass is 375 g/mol. The fourth-order valence-corrected chi connectivity index (χ4v) is 3.47. The molecule has 6 nitrogen and oxygen atoms in total. The quantitative estimate of drug-likeness (QED) is 0.534. The number of rotatable bonds is 5. The van der Waals surface area contributed by atoms with Crippen molar-refractivity contribution < 1.29 is 4.79 Å². The van der Waals surface area contributed by atoms with Crippen LogP contribution in [0.5, 0.6) is 0 Å². The lowest BCUT2D eigenvalue weighted by Gasteiger charge is -2.03. The Bertz CT molecular complexity index is 1100. The van der Waals surface area contributed by atoms with Crippen LogP contribution in [0.2, 0.25) is 0 Å². The summed E-state index contributed by atoms with van der Waals surface area (Å²) in [5, 5.41) is 16.6. The molecule has 0 saturated heterocycles. The molecule has 0 aliphatic rings. The van der Waals surface area contributed by atoms with Gasteiger partial charge in [0.1, 0.15) is 5.01 Å². The van der Waals surface area contributed by atoms with Crippen molar-refractivity contribution >= 4 is 34.0 Å². The Morgan fingerprint density at radius 1 is 1.11 bits per heavy atom. The lowest BCUT2D eigenvalue weighted by molar-refractivity contribution is -0.111. The van der Waals surface area contributed by atoms with Gasteiger partial charge < -0.3 is 5.32 Å². The third-order valence-electron chi connectivity index (χ3n) is 4.00. The summed E-state index contributed by atoms with van der Waals surface area (Å²) in [4.78, 5) is 12.8. The lowest BCUT2D eigenvalue weighted by Crippen LogP contribution is -2.07. The first-order valence-corrected chi connectivity index (χ1v) is 9.40. The summed E-state index contributed by atoms with van der Waals surface area (Å²) in [6.07, 6.45) is 4.10. The Balaban J connectivity index is 1.45. The number of nitrogens with one attached hydrogen (secondary N) is 1. The van der Waals surface area contributed by atoms with E-state index in [4.69, 9.17) is 0 Å². The molecule has 0 atom stereocenters. The van der Waals surface area contributed by atoms with Crippen molar-refractivity contribution in [2.24, 2.45) is 0 Å². The molecule has 0 unspecified atom stereocenters. The van der Waals surface area contributed by atoms with E-state index in [2.05, 4.69) is 20.6 Å². The maximum absolute atomic E-state index is 12.1. The molecule has 0 aliphatic carbocycles. The molecule has 134 valence electrons. The van der Waals surface area contributed by atoms with Crippen molar-refractivity contribution in [3.63, 3.8) is 0 Å². The molecule has 0 aliphatic heterocycles. The second-order valence-electron chi connectivity index (χ2n) is 5.88. The van der Waals surface area contributed by atoms with Gasteiger partial charge in [-0.25, -0.2) is 0 Å². The number of nitrogens with zero attached hydrogens (tertiary/aromatic N) is 4. The molecule has 2 heterocycles. The summed E-state index contributed by atoms with van der Waals surface area (Å²) in [5.41, 5.74) is 2.70. The van der Waals surface area contributed by atoms with Gasteiger partial charge in [-0.2, -0.15) is 9.61 Å². The van der Waals surface area contributed by atoms with E-state index in [0.29, 0.717) is 0 Å². The summed E-state index contributed by atoms with van der Waals surface area (Å²) in [6.45, 7) is 2.03. The highest BCUT2D eigenvalue weighted by Gasteiger charge is 2.11. The second-order valence-corrected chi connectivity index (χ2v) is 6.84. The average Bonchev–Trinajstić information content (AvgIpc) is 3.28. The fraction of sp³-hybridized carbons (Fsp3) is 0.100. The number of benzene rings is 2. The van der Waals surface area contributed by atoms with Crippen molar-refractivity contribution in [2.45, 2.75) is 13.3 Å². The number of hydrogen-bond acceptors (Lipinski definition) is 5. The van der Waals surface area contributed by atoms with Gasteiger partial charge in [-0.3, -0.25) is 4.79 Å². The average molecular weight is 375 g/mol. The third-order valence-corrected chi connectivity index (χ3v) is 4.95. The number of aryl methyl sites for hydroxylation is 1. The zero-order valence-corrected chi connectivity index (χ0v) is 15.5. The zero-order valence-electron chi connectivity index (χ0n) is 14.7. The second kappa shape index (κ2) is 7.51. The van der Waals surface area contributed by atoms with E-state index in [-0.39, 0.29) is 5.91 Å². The number of hydrogen-bond donors (Lipinski definition) is 1. The van der Waals surface area contributed by atoms with Crippen LogP contribution in [0.25, 0.3) is 21.6 Å². The number of anilines is 1. The summed E-state index contributed by atoms with van der Waals surface area (Å²) < 4.78 is 1.78. The first-order chi connectivity index (χ1) is 13.2. The summed E-state index contributed by atoms with van der Waals surface area (Å²) in [7, 11) is 0. The van der Waals surface area contributed by atoms with Crippen LogP contribution in [0.4, 0.5) is 5.69 Å². The van der Waals surface area contributed by atoms with Crippen LogP contribution in [0.3, 0.4) is 0 Å². The van der Waals surface area contributed by atoms with Gasteiger partial charge >= 0.3 is 0 Å². The highest BCUT2D eigenvalue weighted by atomic mass is 32.1. The molecular weight excluding hydrogens is 358 g/mol. The Labute approximate surface area is 160 Å². The fourth-order valence-electron chi connectivity index (χ4n) is 2.61. The lowest BCUT2D eigenvalue weighted by atomic mass is 10.2. The van der Waals surface area contributed by atoms with Crippen LogP contribution in [-0.4, -0.2) is 25.7 Å². The van der Waals surface area contributed by atoms with Crippen molar-refractivity contribution in [1.82, 2.24) is 19.8 Å². The molecule has 2 aromatic carbocycles. The van der Waals surface area contributed by atoms with E-state index in [1.165, 1.54) is 17.4 Å². The van der Waals surface area contributed by atoms with Gasteiger partial charge in [0.25, 0.3) is 0 Å². The first-order valence-electron chi connectivity index (χ1n) is 8.58. The van der Waals surface area contributed by atoms with Crippen LogP contribution in [0.15, 0.2) is 60.7 Å². The Hall–Kier alpha value is -3.32. The van der Waals surface area contributed by atoms with Crippen molar-refractivity contribution in [1.29, 1.82) is 0 Å². The molecule has 27 heavy (non-hydrogen) atoms. The van der Waals surface area contributed by atoms with Gasteiger partial charge in [0.15, 0.2) is 5.82 Å². The SMILES string of the molecule is CCc1nnc2sc(-c3ccc(NC(=O)/C=C/c4ccccc4)cc3)nn12. The third kappa shape index (κ3) is 3.78. The molecule has 2 aromatic heterocycles. The number of carbonyl (C=O) groups is 1. The van der Waals surface area contributed by atoms with E-state index in [0.717, 1.165) is 39.0 Å². The number of carbonyl (C=O) groups excluding carboxylic acids is 1. The predicted molar refractivity (Wildman–Crippen MR) is 108 cm³/mol. The molecule has 4 rings (SSSR count). The number of fused-ring (bicyclic) bond motifs is 1. The molecule has 7 heteroatoms. The first kappa shape index (κ1) is 17.1. The summed E-state index contributed by atoms with van der Waals surface area (Å²) in [6, 6.07) is 17.3. The van der Waals surface area contributed by atoms with Gasteiger partial charge in [-0.05, 0) is 35.9 Å². The van der Waals surface area contributed by atoms with Crippen LogP contribution in [0, 0.1) is 0 Å². The highest BCUT2D eigenvalue weighted by Crippen LogP contribution is 2.26. The molecule has 0 saturated carbocycles. The van der Waals surface area contributed by atoms with Gasteiger partial charge in [0.05, 0.1) is 0 Å². The van der Waals surface area contributed by atoms with Crippen LogP contribution in [-0.2, 0) is 11.2 Å². The molecule has 0 fully saturated rings. The van der Waals surface area contributed by atoms with Gasteiger partial charge in [0.2, 0.25) is 10.9 Å². The van der Waals surface area contributed by atoms with E-state index in [1.54, 1.807) is 10.6 Å². The van der Waals surface area contributed by atoms with Gasteiger partial charge in [0, 0.05) is 23.7 Å². The molecule has 0 bridgehead atoms.